The number of halogens is 3. The smallest absolute Gasteiger partial charge is 0.405 e. The van der Waals surface area contributed by atoms with E-state index in [0.29, 0.717) is 10.7 Å². The van der Waals surface area contributed by atoms with E-state index < -0.39 is 6.36 Å². The molecule has 2 aromatic carbocycles. The fourth-order valence-electron chi connectivity index (χ4n) is 2.36. The number of hydrogen-bond donors (Lipinski definition) is 2. The lowest BCUT2D eigenvalue weighted by Gasteiger charge is -2.15. The summed E-state index contributed by atoms with van der Waals surface area (Å²) in [4.78, 5) is 0. The van der Waals surface area contributed by atoms with Crippen molar-refractivity contribution in [1.29, 1.82) is 0 Å². The van der Waals surface area contributed by atoms with Gasteiger partial charge in [-0.15, -0.1) is 13.2 Å². The van der Waals surface area contributed by atoms with Gasteiger partial charge in [-0.05, 0) is 48.8 Å². The molecule has 2 rings (SSSR count). The zero-order valence-corrected chi connectivity index (χ0v) is 15.2. The van der Waals surface area contributed by atoms with Crippen LogP contribution in [0, 0.1) is 0 Å². The fourth-order valence-corrected chi connectivity index (χ4v) is 2.55. The summed E-state index contributed by atoms with van der Waals surface area (Å²) >= 11 is 5.21. The van der Waals surface area contributed by atoms with Gasteiger partial charge in [-0.25, -0.2) is 0 Å². The molecule has 0 atom stereocenters. The second-order valence-electron chi connectivity index (χ2n) is 5.76. The molecule has 3 nitrogen and oxygen atoms in total. The predicted molar refractivity (Wildman–Crippen MR) is 101 cm³/mol. The van der Waals surface area contributed by atoms with Crippen molar-refractivity contribution in [3.05, 3.63) is 59.7 Å². The summed E-state index contributed by atoms with van der Waals surface area (Å²) in [5, 5.41) is 6.24. The Morgan fingerprint density at radius 3 is 2.42 bits per heavy atom. The lowest BCUT2D eigenvalue weighted by molar-refractivity contribution is -0.274. The van der Waals surface area contributed by atoms with E-state index >= 15 is 0 Å². The maximum Gasteiger partial charge on any atom is 0.573 e. The Balaban J connectivity index is 1.89. The van der Waals surface area contributed by atoms with E-state index in [1.54, 1.807) is 12.1 Å². The van der Waals surface area contributed by atoms with Crippen molar-refractivity contribution in [1.82, 2.24) is 5.32 Å². The summed E-state index contributed by atoms with van der Waals surface area (Å²) in [6, 6.07) is 13.9. The number of rotatable bonds is 7. The monoisotopic (exact) mass is 382 g/mol. The highest BCUT2D eigenvalue weighted by Gasteiger charge is 2.31. The summed E-state index contributed by atoms with van der Waals surface area (Å²) in [7, 11) is 0. The molecule has 7 heteroatoms. The largest absolute Gasteiger partial charge is 0.573 e. The first kappa shape index (κ1) is 20.0. The standard InChI is InChI=1S/C19H21F3N2OS/c1-2-3-6-14-9-11-16(12-10-14)24-18(26)23-13-15-7-4-5-8-17(15)25-19(20,21)22/h4-5,7-12H,2-3,6,13H2,1H3,(H2,23,24,26). The van der Waals surface area contributed by atoms with Crippen LogP contribution in [0.25, 0.3) is 0 Å². The number of aryl methyl sites for hydroxylation is 1. The van der Waals surface area contributed by atoms with Crippen molar-refractivity contribution in [2.45, 2.75) is 39.1 Å². The van der Waals surface area contributed by atoms with Crippen LogP contribution in [0.1, 0.15) is 30.9 Å². The first-order valence-electron chi connectivity index (χ1n) is 8.35. The molecule has 0 aliphatic rings. The van der Waals surface area contributed by atoms with Crippen LogP contribution in [0.2, 0.25) is 0 Å². The normalized spacial score (nSPS) is 11.1. The minimum Gasteiger partial charge on any atom is -0.405 e. The number of ether oxygens (including phenoxy) is 1. The molecule has 0 aliphatic heterocycles. The molecule has 0 heterocycles. The molecular weight excluding hydrogens is 361 g/mol. The molecule has 26 heavy (non-hydrogen) atoms. The van der Waals surface area contributed by atoms with E-state index in [1.165, 1.54) is 17.7 Å². The van der Waals surface area contributed by atoms with Crippen molar-refractivity contribution in [2.24, 2.45) is 0 Å². The zero-order valence-electron chi connectivity index (χ0n) is 14.4. The third kappa shape index (κ3) is 6.92. The van der Waals surface area contributed by atoms with Crippen LogP contribution in [0.15, 0.2) is 48.5 Å². The Labute approximate surface area is 156 Å². The van der Waals surface area contributed by atoms with Crippen LogP contribution >= 0.6 is 12.2 Å². The third-order valence-electron chi connectivity index (χ3n) is 3.67. The van der Waals surface area contributed by atoms with Gasteiger partial charge in [0.2, 0.25) is 0 Å². The fraction of sp³-hybridized carbons (Fsp3) is 0.316. The molecule has 0 bridgehead atoms. The highest BCUT2D eigenvalue weighted by atomic mass is 32.1. The number of alkyl halides is 3. The van der Waals surface area contributed by atoms with E-state index in [0.717, 1.165) is 24.9 Å². The molecule has 0 aliphatic carbocycles. The number of anilines is 1. The molecular formula is C19H21F3N2OS. The summed E-state index contributed by atoms with van der Waals surface area (Å²) < 4.78 is 41.3. The van der Waals surface area contributed by atoms with Crippen molar-refractivity contribution >= 4 is 23.0 Å². The van der Waals surface area contributed by atoms with Gasteiger partial charge in [-0.3, -0.25) is 0 Å². The SMILES string of the molecule is CCCCc1ccc(NC(=S)NCc2ccccc2OC(F)(F)F)cc1. The van der Waals surface area contributed by atoms with Gasteiger partial charge < -0.3 is 15.4 Å². The molecule has 2 aromatic rings. The van der Waals surface area contributed by atoms with Crippen LogP contribution in [0.5, 0.6) is 5.75 Å². The quantitative estimate of drug-likeness (QED) is 0.627. The molecule has 0 fully saturated rings. The summed E-state index contributed by atoms with van der Waals surface area (Å²) in [6.07, 6.45) is -1.40. The van der Waals surface area contributed by atoms with Gasteiger partial charge >= 0.3 is 6.36 Å². The molecule has 0 unspecified atom stereocenters. The van der Waals surface area contributed by atoms with Crippen LogP contribution in [0.4, 0.5) is 18.9 Å². The maximum atomic E-state index is 12.4. The van der Waals surface area contributed by atoms with Gasteiger partial charge in [0, 0.05) is 17.8 Å². The minimum atomic E-state index is -4.73. The summed E-state index contributed by atoms with van der Waals surface area (Å²) in [5.41, 5.74) is 2.45. The van der Waals surface area contributed by atoms with E-state index in [1.807, 2.05) is 24.3 Å². The van der Waals surface area contributed by atoms with E-state index in [4.69, 9.17) is 12.2 Å². The highest BCUT2D eigenvalue weighted by Crippen LogP contribution is 2.26. The Kier molecular flexibility index (Phi) is 7.26. The van der Waals surface area contributed by atoms with Crippen molar-refractivity contribution in [3.8, 4) is 5.75 Å². The maximum absolute atomic E-state index is 12.4. The molecule has 0 spiro atoms. The van der Waals surface area contributed by atoms with E-state index in [9.17, 15) is 13.2 Å². The lowest BCUT2D eigenvalue weighted by Crippen LogP contribution is -2.28. The van der Waals surface area contributed by atoms with Gasteiger partial charge in [0.15, 0.2) is 5.11 Å². The van der Waals surface area contributed by atoms with Gasteiger partial charge in [0.25, 0.3) is 0 Å². The molecule has 0 amide bonds. The number of hydrogen-bond acceptors (Lipinski definition) is 2. The minimum absolute atomic E-state index is 0.118. The van der Waals surface area contributed by atoms with Gasteiger partial charge in [0.1, 0.15) is 5.75 Å². The first-order valence-corrected chi connectivity index (χ1v) is 8.75. The third-order valence-corrected chi connectivity index (χ3v) is 3.91. The van der Waals surface area contributed by atoms with Crippen LogP contribution in [-0.2, 0) is 13.0 Å². The van der Waals surface area contributed by atoms with Crippen molar-refractivity contribution in [3.63, 3.8) is 0 Å². The number of thiocarbonyl (C=S) groups is 1. The summed E-state index contributed by atoms with van der Waals surface area (Å²) in [6.45, 7) is 2.27. The van der Waals surface area contributed by atoms with E-state index in [-0.39, 0.29) is 12.3 Å². The van der Waals surface area contributed by atoms with Crippen LogP contribution < -0.4 is 15.4 Å². The number of benzene rings is 2. The summed E-state index contributed by atoms with van der Waals surface area (Å²) in [5.74, 6) is -0.240. The molecule has 0 saturated heterocycles. The van der Waals surface area contributed by atoms with Crippen LogP contribution in [-0.4, -0.2) is 11.5 Å². The predicted octanol–water partition coefficient (Wildman–Crippen LogP) is 5.41. The highest BCUT2D eigenvalue weighted by molar-refractivity contribution is 7.80. The number of para-hydroxylation sites is 1. The van der Waals surface area contributed by atoms with Crippen LogP contribution in [0.3, 0.4) is 0 Å². The van der Waals surface area contributed by atoms with Crippen molar-refractivity contribution in [2.75, 3.05) is 5.32 Å². The molecule has 0 radical (unpaired) electrons. The number of unbranched alkanes of at least 4 members (excludes halogenated alkanes) is 1. The van der Waals surface area contributed by atoms with Crippen molar-refractivity contribution < 1.29 is 17.9 Å². The Bertz CT molecular complexity index is 717. The molecule has 2 N–H and O–H groups in total. The molecule has 0 aromatic heterocycles. The average Bonchev–Trinajstić information content (AvgIpc) is 2.59. The lowest BCUT2D eigenvalue weighted by atomic mass is 10.1. The van der Waals surface area contributed by atoms with Gasteiger partial charge in [-0.1, -0.05) is 43.7 Å². The molecule has 140 valence electrons. The van der Waals surface area contributed by atoms with Gasteiger partial charge in [0.05, 0.1) is 0 Å². The molecule has 0 saturated carbocycles. The second-order valence-corrected chi connectivity index (χ2v) is 6.17. The number of nitrogens with one attached hydrogen (secondary N) is 2. The average molecular weight is 382 g/mol. The Hall–Kier alpha value is -2.28. The first-order chi connectivity index (χ1) is 12.4. The Morgan fingerprint density at radius 2 is 1.77 bits per heavy atom. The topological polar surface area (TPSA) is 33.3 Å². The second kappa shape index (κ2) is 9.43. The van der Waals surface area contributed by atoms with E-state index in [2.05, 4.69) is 22.3 Å². The Morgan fingerprint density at radius 1 is 1.08 bits per heavy atom. The zero-order chi connectivity index (χ0) is 19.0. The van der Waals surface area contributed by atoms with Gasteiger partial charge in [-0.2, -0.15) is 0 Å².